The summed E-state index contributed by atoms with van der Waals surface area (Å²) in [4.78, 5) is 29.6. The molecule has 218 valence electrons. The highest BCUT2D eigenvalue weighted by atomic mass is 16.7. The Bertz CT molecular complexity index is 1410. The Morgan fingerprint density at radius 3 is 2.02 bits per heavy atom. The molecule has 4 aliphatic rings. The number of benzene rings is 3. The quantitative estimate of drug-likeness (QED) is 0.437. The van der Waals surface area contributed by atoms with Crippen LogP contribution in [0.4, 0.5) is 5.69 Å². The number of likely N-dealkylation sites (tertiary alicyclic amines) is 1. The van der Waals surface area contributed by atoms with Gasteiger partial charge in [-0.2, -0.15) is 0 Å². The molecule has 0 radical (unpaired) electrons. The molecule has 9 heteroatoms. The standard InChI is InChI=1S/C33H34N2O7/c36-21-22-5-7-23(8-6-22)29-19-26(20-34-15-13-33(14-16-34)39-17-18-40-33)41-32(42-29)24-9-11-25(12-10-24)35-30(37)27-3-1-2-4-28(27)31(35)38/h1-12,26,29,32,36H,13-21H2/t26-,29+,32+/m0/s1. The Kier molecular flexibility index (Phi) is 7.39. The molecule has 3 fully saturated rings. The maximum Gasteiger partial charge on any atom is 0.266 e. The predicted octanol–water partition coefficient (Wildman–Crippen LogP) is 4.36. The number of piperidine rings is 1. The molecule has 0 bridgehead atoms. The zero-order valence-electron chi connectivity index (χ0n) is 23.3. The van der Waals surface area contributed by atoms with Crippen LogP contribution in [0.3, 0.4) is 0 Å². The van der Waals surface area contributed by atoms with Crippen LogP contribution < -0.4 is 4.90 Å². The zero-order chi connectivity index (χ0) is 28.7. The first-order valence-electron chi connectivity index (χ1n) is 14.6. The van der Waals surface area contributed by atoms with Crippen LogP contribution in [0, 0.1) is 0 Å². The number of ether oxygens (including phenoxy) is 4. The van der Waals surface area contributed by atoms with E-state index < -0.39 is 12.1 Å². The van der Waals surface area contributed by atoms with Gasteiger partial charge in [0.05, 0.1) is 48.8 Å². The van der Waals surface area contributed by atoms with Gasteiger partial charge in [-0.15, -0.1) is 0 Å². The van der Waals surface area contributed by atoms with E-state index >= 15 is 0 Å². The maximum absolute atomic E-state index is 13.0. The molecule has 3 aromatic carbocycles. The number of amides is 2. The minimum atomic E-state index is -0.625. The summed E-state index contributed by atoms with van der Waals surface area (Å²) in [6.45, 7) is 3.81. The fourth-order valence-electron chi connectivity index (χ4n) is 6.39. The van der Waals surface area contributed by atoms with Crippen molar-refractivity contribution in [2.75, 3.05) is 37.7 Å². The summed E-state index contributed by atoms with van der Waals surface area (Å²) in [5, 5.41) is 9.50. The van der Waals surface area contributed by atoms with Crippen LogP contribution in [0.25, 0.3) is 0 Å². The van der Waals surface area contributed by atoms with E-state index in [0.29, 0.717) is 36.4 Å². The molecule has 0 aliphatic carbocycles. The minimum Gasteiger partial charge on any atom is -0.392 e. The van der Waals surface area contributed by atoms with Crippen molar-refractivity contribution in [3.8, 4) is 0 Å². The number of fused-ring (bicyclic) bond motifs is 1. The second kappa shape index (κ2) is 11.3. The van der Waals surface area contributed by atoms with Gasteiger partial charge < -0.3 is 29.0 Å². The predicted molar refractivity (Wildman–Crippen MR) is 153 cm³/mol. The topological polar surface area (TPSA) is 97.8 Å². The van der Waals surface area contributed by atoms with Gasteiger partial charge in [0.1, 0.15) is 0 Å². The van der Waals surface area contributed by atoms with Crippen molar-refractivity contribution >= 4 is 17.5 Å². The molecule has 7 rings (SSSR count). The average Bonchev–Trinajstić information content (AvgIpc) is 3.60. The number of hydrogen-bond acceptors (Lipinski definition) is 8. The van der Waals surface area contributed by atoms with Crippen molar-refractivity contribution in [1.82, 2.24) is 4.90 Å². The van der Waals surface area contributed by atoms with E-state index in [1.807, 2.05) is 36.4 Å². The summed E-state index contributed by atoms with van der Waals surface area (Å²) in [6.07, 6.45) is 1.46. The molecule has 0 unspecified atom stereocenters. The van der Waals surface area contributed by atoms with Gasteiger partial charge in [-0.3, -0.25) is 9.59 Å². The number of anilines is 1. The van der Waals surface area contributed by atoms with Gasteiger partial charge >= 0.3 is 0 Å². The van der Waals surface area contributed by atoms with Crippen molar-refractivity contribution < 1.29 is 33.6 Å². The van der Waals surface area contributed by atoms with Crippen LogP contribution >= 0.6 is 0 Å². The molecule has 4 aliphatic heterocycles. The van der Waals surface area contributed by atoms with E-state index in [-0.39, 0.29) is 30.6 Å². The van der Waals surface area contributed by atoms with Gasteiger partial charge in [-0.25, -0.2) is 4.90 Å². The zero-order valence-corrected chi connectivity index (χ0v) is 23.3. The molecule has 1 spiro atoms. The van der Waals surface area contributed by atoms with E-state index in [4.69, 9.17) is 18.9 Å². The van der Waals surface area contributed by atoms with Crippen molar-refractivity contribution in [1.29, 1.82) is 0 Å². The first-order chi connectivity index (χ1) is 20.5. The monoisotopic (exact) mass is 570 g/mol. The molecule has 3 aromatic rings. The fourth-order valence-corrected chi connectivity index (χ4v) is 6.39. The number of nitrogens with zero attached hydrogens (tertiary/aromatic N) is 2. The van der Waals surface area contributed by atoms with E-state index in [0.717, 1.165) is 49.2 Å². The first kappa shape index (κ1) is 27.4. The molecule has 4 heterocycles. The number of imide groups is 1. The normalized spacial score (nSPS) is 25.7. The number of rotatable bonds is 6. The lowest BCUT2D eigenvalue weighted by atomic mass is 9.98. The third-order valence-electron chi connectivity index (χ3n) is 8.73. The van der Waals surface area contributed by atoms with Gasteiger partial charge in [0.25, 0.3) is 11.8 Å². The summed E-state index contributed by atoms with van der Waals surface area (Å²) in [7, 11) is 0. The van der Waals surface area contributed by atoms with Gasteiger partial charge in [0.2, 0.25) is 0 Å². The molecule has 0 saturated carbocycles. The van der Waals surface area contributed by atoms with E-state index in [9.17, 15) is 14.7 Å². The summed E-state index contributed by atoms with van der Waals surface area (Å²) in [6, 6.07) is 22.0. The van der Waals surface area contributed by atoms with Crippen LogP contribution in [0.1, 0.15) is 69.1 Å². The van der Waals surface area contributed by atoms with Crippen LogP contribution in [0.2, 0.25) is 0 Å². The number of aliphatic hydroxyl groups excluding tert-OH is 1. The second-order valence-corrected chi connectivity index (χ2v) is 11.3. The maximum atomic E-state index is 13.0. The first-order valence-corrected chi connectivity index (χ1v) is 14.6. The molecular weight excluding hydrogens is 536 g/mol. The molecule has 0 aromatic heterocycles. The second-order valence-electron chi connectivity index (χ2n) is 11.3. The molecule has 3 atom stereocenters. The van der Waals surface area contributed by atoms with Gasteiger partial charge in [0, 0.05) is 44.5 Å². The van der Waals surface area contributed by atoms with Gasteiger partial charge in [-0.1, -0.05) is 48.5 Å². The summed E-state index contributed by atoms with van der Waals surface area (Å²) in [5.41, 5.74) is 4.02. The summed E-state index contributed by atoms with van der Waals surface area (Å²) >= 11 is 0. The molecular formula is C33H34N2O7. The number of carbonyl (C=O) groups excluding carboxylic acids is 2. The van der Waals surface area contributed by atoms with Crippen molar-refractivity contribution in [2.45, 2.75) is 50.2 Å². The number of aliphatic hydroxyl groups is 1. The average molecular weight is 571 g/mol. The minimum absolute atomic E-state index is 0.0104. The van der Waals surface area contributed by atoms with E-state index in [2.05, 4.69) is 4.90 Å². The summed E-state index contributed by atoms with van der Waals surface area (Å²) < 4.78 is 24.8. The highest BCUT2D eigenvalue weighted by Gasteiger charge is 2.41. The Balaban J connectivity index is 1.09. The molecule has 2 amide bonds. The molecule has 42 heavy (non-hydrogen) atoms. The SMILES string of the molecule is O=C1c2ccccc2C(=O)N1c1ccc([C@@H]2O[C@H](CN3CCC4(CC3)OCCO4)C[C@H](c3ccc(CO)cc3)O2)cc1. The Hall–Kier alpha value is -3.44. The van der Waals surface area contributed by atoms with Crippen LogP contribution in [0.15, 0.2) is 72.8 Å². The Morgan fingerprint density at radius 1 is 0.786 bits per heavy atom. The van der Waals surface area contributed by atoms with Crippen molar-refractivity contribution in [3.05, 3.63) is 101 Å². The van der Waals surface area contributed by atoms with E-state index in [1.54, 1.807) is 36.4 Å². The van der Waals surface area contributed by atoms with Crippen LogP contribution in [-0.4, -0.2) is 66.6 Å². The molecule has 9 nitrogen and oxygen atoms in total. The van der Waals surface area contributed by atoms with Gasteiger partial charge in [0.15, 0.2) is 12.1 Å². The third kappa shape index (κ3) is 5.17. The number of carbonyl (C=O) groups is 2. The lowest BCUT2D eigenvalue weighted by Crippen LogP contribution is -2.48. The largest absolute Gasteiger partial charge is 0.392 e. The third-order valence-corrected chi connectivity index (χ3v) is 8.73. The lowest BCUT2D eigenvalue weighted by molar-refractivity contribution is -0.255. The van der Waals surface area contributed by atoms with Crippen molar-refractivity contribution in [2.24, 2.45) is 0 Å². The summed E-state index contributed by atoms with van der Waals surface area (Å²) in [5.74, 6) is -1.07. The number of hydrogen-bond donors (Lipinski definition) is 1. The van der Waals surface area contributed by atoms with Crippen LogP contribution in [0.5, 0.6) is 0 Å². The Morgan fingerprint density at radius 2 is 1.40 bits per heavy atom. The molecule has 1 N–H and O–H groups in total. The van der Waals surface area contributed by atoms with E-state index in [1.165, 1.54) is 4.90 Å². The smallest absolute Gasteiger partial charge is 0.266 e. The lowest BCUT2D eigenvalue weighted by Gasteiger charge is -2.41. The highest BCUT2D eigenvalue weighted by molar-refractivity contribution is 6.34. The van der Waals surface area contributed by atoms with Crippen molar-refractivity contribution in [3.63, 3.8) is 0 Å². The molecule has 3 saturated heterocycles. The Labute approximate surface area is 244 Å². The van der Waals surface area contributed by atoms with Crippen LogP contribution in [-0.2, 0) is 25.6 Å². The van der Waals surface area contributed by atoms with Gasteiger partial charge in [-0.05, 0) is 35.4 Å². The fraction of sp³-hybridized carbons (Fsp3) is 0.394. The highest BCUT2D eigenvalue weighted by Crippen LogP contribution is 2.40.